The molecule has 3 aromatic rings. The summed E-state index contributed by atoms with van der Waals surface area (Å²) in [5.41, 5.74) is 0.0873. The van der Waals surface area contributed by atoms with Crippen molar-refractivity contribution < 1.29 is 18.7 Å². The van der Waals surface area contributed by atoms with E-state index in [0.717, 1.165) is 5.56 Å². The van der Waals surface area contributed by atoms with Crippen LogP contribution in [0.25, 0.3) is 11.3 Å². The van der Waals surface area contributed by atoms with Crippen LogP contribution in [-0.2, 0) is 11.3 Å². The SMILES string of the molecule is CC(C)(C)OC(=O)N1CC(NC(=O)c2ncc(-c3cccc(Cl)c3)o2)C[C@@H]1Cn1ccnn1. The van der Waals surface area contributed by atoms with Crippen LogP contribution in [0.15, 0.2) is 47.3 Å². The smallest absolute Gasteiger partial charge is 0.410 e. The second-order valence-corrected chi connectivity index (χ2v) is 9.29. The molecule has 2 aromatic heterocycles. The predicted molar refractivity (Wildman–Crippen MR) is 120 cm³/mol. The Bertz CT molecular complexity index is 1120. The second kappa shape index (κ2) is 9.22. The Balaban J connectivity index is 1.45. The van der Waals surface area contributed by atoms with Gasteiger partial charge >= 0.3 is 12.0 Å². The molecule has 0 spiro atoms. The molecule has 10 nitrogen and oxygen atoms in total. The number of nitrogens with one attached hydrogen (secondary N) is 1. The highest BCUT2D eigenvalue weighted by Gasteiger charge is 2.39. The lowest BCUT2D eigenvalue weighted by molar-refractivity contribution is 0.0207. The van der Waals surface area contributed by atoms with E-state index in [0.29, 0.717) is 30.3 Å². The topological polar surface area (TPSA) is 115 Å². The summed E-state index contributed by atoms with van der Waals surface area (Å²) >= 11 is 6.03. The number of oxazole rings is 1. The minimum absolute atomic E-state index is 0.0616. The number of amides is 2. The van der Waals surface area contributed by atoms with Gasteiger partial charge in [-0.25, -0.2) is 9.78 Å². The summed E-state index contributed by atoms with van der Waals surface area (Å²) in [7, 11) is 0. The minimum Gasteiger partial charge on any atom is -0.444 e. The zero-order valence-corrected chi connectivity index (χ0v) is 19.3. The molecular weight excluding hydrogens is 448 g/mol. The molecule has 1 aromatic carbocycles. The van der Waals surface area contributed by atoms with E-state index < -0.39 is 17.6 Å². The van der Waals surface area contributed by atoms with Gasteiger partial charge in [0.15, 0.2) is 5.76 Å². The first-order valence-electron chi connectivity index (χ1n) is 10.5. The molecule has 174 valence electrons. The molecule has 11 heteroatoms. The molecule has 2 atom stereocenters. The van der Waals surface area contributed by atoms with E-state index in [9.17, 15) is 9.59 Å². The van der Waals surface area contributed by atoms with Gasteiger partial charge in [0, 0.05) is 29.4 Å². The number of likely N-dealkylation sites (tertiary alicyclic amines) is 1. The van der Waals surface area contributed by atoms with Gasteiger partial charge in [0.25, 0.3) is 5.89 Å². The zero-order valence-electron chi connectivity index (χ0n) is 18.6. The van der Waals surface area contributed by atoms with Crippen LogP contribution in [0.2, 0.25) is 5.02 Å². The molecule has 0 aliphatic carbocycles. The molecule has 1 aliphatic rings. The summed E-state index contributed by atoms with van der Waals surface area (Å²) in [4.78, 5) is 31.3. The summed E-state index contributed by atoms with van der Waals surface area (Å²) in [6.07, 6.45) is 4.86. The van der Waals surface area contributed by atoms with Crippen molar-refractivity contribution in [1.82, 2.24) is 30.2 Å². The molecule has 1 unspecified atom stereocenters. The first-order valence-corrected chi connectivity index (χ1v) is 10.9. The van der Waals surface area contributed by atoms with Crippen molar-refractivity contribution >= 4 is 23.6 Å². The maximum Gasteiger partial charge on any atom is 0.410 e. The molecule has 4 rings (SSSR count). The van der Waals surface area contributed by atoms with Gasteiger partial charge in [-0.15, -0.1) is 5.10 Å². The average Bonchev–Trinajstić information content (AvgIpc) is 3.48. The number of carbonyl (C=O) groups excluding carboxylic acids is 2. The number of ether oxygens (including phenoxy) is 1. The number of carbonyl (C=O) groups is 2. The lowest BCUT2D eigenvalue weighted by Crippen LogP contribution is -2.43. The monoisotopic (exact) mass is 472 g/mol. The van der Waals surface area contributed by atoms with Crippen LogP contribution in [0.1, 0.15) is 37.9 Å². The number of nitrogens with zero attached hydrogens (tertiary/aromatic N) is 5. The second-order valence-electron chi connectivity index (χ2n) is 8.86. The molecule has 1 saturated heterocycles. The third-order valence-corrected chi connectivity index (χ3v) is 5.29. The van der Waals surface area contributed by atoms with Gasteiger partial charge in [0.1, 0.15) is 5.60 Å². The van der Waals surface area contributed by atoms with Gasteiger partial charge in [-0.1, -0.05) is 28.9 Å². The first-order chi connectivity index (χ1) is 15.7. The van der Waals surface area contributed by atoms with E-state index in [1.165, 1.54) is 6.20 Å². The Hall–Kier alpha value is -3.40. The molecule has 33 heavy (non-hydrogen) atoms. The number of benzene rings is 1. The van der Waals surface area contributed by atoms with Crippen LogP contribution in [0.3, 0.4) is 0 Å². The van der Waals surface area contributed by atoms with Gasteiger partial charge < -0.3 is 19.4 Å². The first kappa shape index (κ1) is 22.8. The molecule has 1 N–H and O–H groups in total. The molecule has 0 radical (unpaired) electrons. The van der Waals surface area contributed by atoms with Crippen LogP contribution >= 0.6 is 11.6 Å². The molecule has 1 fully saturated rings. The molecule has 0 saturated carbocycles. The van der Waals surface area contributed by atoms with Crippen molar-refractivity contribution in [3.05, 3.63) is 53.8 Å². The van der Waals surface area contributed by atoms with Gasteiger partial charge in [-0.05, 0) is 39.3 Å². The molecule has 0 bridgehead atoms. The van der Waals surface area contributed by atoms with Crippen LogP contribution in [0.5, 0.6) is 0 Å². The summed E-state index contributed by atoms with van der Waals surface area (Å²) in [5.74, 6) is -0.0825. The normalized spacial score (nSPS) is 18.4. The lowest BCUT2D eigenvalue weighted by Gasteiger charge is -2.28. The van der Waals surface area contributed by atoms with Crippen molar-refractivity contribution in [3.8, 4) is 11.3 Å². The van der Waals surface area contributed by atoms with Crippen LogP contribution in [-0.4, -0.2) is 61.1 Å². The average molecular weight is 473 g/mol. The van der Waals surface area contributed by atoms with Crippen LogP contribution in [0.4, 0.5) is 4.79 Å². The van der Waals surface area contributed by atoms with Crippen molar-refractivity contribution in [2.24, 2.45) is 0 Å². The van der Waals surface area contributed by atoms with Gasteiger partial charge in [0.05, 0.1) is 25.0 Å². The highest BCUT2D eigenvalue weighted by atomic mass is 35.5. The number of hydrogen-bond acceptors (Lipinski definition) is 7. The number of rotatable bonds is 5. The van der Waals surface area contributed by atoms with E-state index in [1.54, 1.807) is 40.2 Å². The number of aromatic nitrogens is 4. The highest BCUT2D eigenvalue weighted by molar-refractivity contribution is 6.30. The van der Waals surface area contributed by atoms with Crippen LogP contribution in [0, 0.1) is 0 Å². The van der Waals surface area contributed by atoms with E-state index in [4.69, 9.17) is 20.8 Å². The molecule has 1 aliphatic heterocycles. The van der Waals surface area contributed by atoms with E-state index in [-0.39, 0.29) is 18.0 Å². The fourth-order valence-electron chi connectivity index (χ4n) is 3.69. The zero-order chi connectivity index (χ0) is 23.6. The summed E-state index contributed by atoms with van der Waals surface area (Å²) < 4.78 is 12.8. The van der Waals surface area contributed by atoms with E-state index in [2.05, 4.69) is 20.6 Å². The fourth-order valence-corrected chi connectivity index (χ4v) is 3.88. The number of hydrogen-bond donors (Lipinski definition) is 1. The van der Waals surface area contributed by atoms with Crippen molar-refractivity contribution in [3.63, 3.8) is 0 Å². The Kier molecular flexibility index (Phi) is 6.37. The third kappa shape index (κ3) is 5.70. The van der Waals surface area contributed by atoms with Crippen molar-refractivity contribution in [1.29, 1.82) is 0 Å². The lowest BCUT2D eigenvalue weighted by atomic mass is 10.1. The Labute approximate surface area is 195 Å². The third-order valence-electron chi connectivity index (χ3n) is 5.06. The highest BCUT2D eigenvalue weighted by Crippen LogP contribution is 2.25. The summed E-state index contributed by atoms with van der Waals surface area (Å²) in [5, 5.41) is 11.3. The molecule has 3 heterocycles. The Morgan fingerprint density at radius 3 is 2.85 bits per heavy atom. The van der Waals surface area contributed by atoms with Gasteiger partial charge in [0.2, 0.25) is 0 Å². The quantitative estimate of drug-likeness (QED) is 0.605. The Morgan fingerprint density at radius 1 is 1.33 bits per heavy atom. The van der Waals surface area contributed by atoms with Gasteiger partial charge in [-0.3, -0.25) is 9.48 Å². The minimum atomic E-state index is -0.634. The fraction of sp³-hybridized carbons (Fsp3) is 0.409. The maximum atomic E-state index is 12.8. The standard InChI is InChI=1S/C22H25ClN6O4/c1-22(2,3)33-21(31)29-12-16(10-17(29)13-28-8-7-25-27-28)26-19(30)20-24-11-18(32-20)14-5-4-6-15(23)9-14/h4-9,11,16-17H,10,12-13H2,1-3H3,(H,26,30)/t16?,17-/m1/s1. The van der Waals surface area contributed by atoms with E-state index >= 15 is 0 Å². The van der Waals surface area contributed by atoms with Gasteiger partial charge in [-0.2, -0.15) is 0 Å². The number of halogens is 1. The summed E-state index contributed by atoms with van der Waals surface area (Å²) in [6.45, 7) is 6.16. The van der Waals surface area contributed by atoms with Crippen molar-refractivity contribution in [2.45, 2.75) is 51.4 Å². The molecule has 2 amide bonds. The van der Waals surface area contributed by atoms with Crippen LogP contribution < -0.4 is 5.32 Å². The maximum absolute atomic E-state index is 12.8. The largest absolute Gasteiger partial charge is 0.444 e. The van der Waals surface area contributed by atoms with Crippen molar-refractivity contribution in [2.75, 3.05) is 6.54 Å². The Morgan fingerprint density at radius 2 is 2.15 bits per heavy atom. The summed E-state index contributed by atoms with van der Waals surface area (Å²) in [6, 6.07) is 6.56. The predicted octanol–water partition coefficient (Wildman–Crippen LogP) is 3.39. The molecular formula is C22H25ClN6O4. The van der Waals surface area contributed by atoms with E-state index in [1.807, 2.05) is 26.8 Å².